The van der Waals surface area contributed by atoms with E-state index in [-0.39, 0.29) is 41.6 Å². The molecule has 1 atom stereocenters. The van der Waals surface area contributed by atoms with Crippen molar-refractivity contribution >= 4 is 29.9 Å². The molecular formula is C19H31FIN3O3. The minimum Gasteiger partial charge on any atom is -0.489 e. The zero-order valence-corrected chi connectivity index (χ0v) is 18.5. The summed E-state index contributed by atoms with van der Waals surface area (Å²) in [6.07, 6.45) is 2.44. The molecule has 1 unspecified atom stereocenters. The molecule has 27 heavy (non-hydrogen) atoms. The Bertz CT molecular complexity index is 557. The van der Waals surface area contributed by atoms with E-state index >= 15 is 0 Å². The van der Waals surface area contributed by atoms with E-state index in [0.717, 1.165) is 32.0 Å². The zero-order chi connectivity index (χ0) is 18.6. The van der Waals surface area contributed by atoms with Gasteiger partial charge in [0.25, 0.3) is 0 Å². The molecule has 6 nitrogen and oxygen atoms in total. The molecule has 1 saturated heterocycles. The van der Waals surface area contributed by atoms with Gasteiger partial charge in [-0.1, -0.05) is 12.1 Å². The molecule has 1 aliphatic rings. The predicted molar refractivity (Wildman–Crippen MR) is 116 cm³/mol. The number of likely N-dealkylation sites (N-methyl/N-ethyl adjacent to an activating group) is 1. The van der Waals surface area contributed by atoms with Crippen LogP contribution in [-0.2, 0) is 9.47 Å². The topological polar surface area (TPSA) is 55.3 Å². The van der Waals surface area contributed by atoms with E-state index < -0.39 is 0 Å². The molecular weight excluding hydrogens is 464 g/mol. The van der Waals surface area contributed by atoms with Gasteiger partial charge in [-0.05, 0) is 31.9 Å². The van der Waals surface area contributed by atoms with Gasteiger partial charge < -0.3 is 24.4 Å². The Labute approximate surface area is 178 Å². The van der Waals surface area contributed by atoms with E-state index in [2.05, 4.69) is 10.3 Å². The van der Waals surface area contributed by atoms with Gasteiger partial charge in [0.2, 0.25) is 0 Å². The van der Waals surface area contributed by atoms with Crippen LogP contribution in [0.15, 0.2) is 29.3 Å². The highest BCUT2D eigenvalue weighted by atomic mass is 127. The third-order valence-corrected chi connectivity index (χ3v) is 4.04. The van der Waals surface area contributed by atoms with Crippen LogP contribution in [0.5, 0.6) is 5.75 Å². The number of para-hydroxylation sites is 1. The molecule has 0 spiro atoms. The lowest BCUT2D eigenvalue weighted by atomic mass is 10.2. The first-order valence-electron chi connectivity index (χ1n) is 9.26. The third kappa shape index (κ3) is 9.07. The lowest BCUT2D eigenvalue weighted by molar-refractivity contribution is 0.0199. The van der Waals surface area contributed by atoms with Crippen LogP contribution < -0.4 is 10.1 Å². The van der Waals surface area contributed by atoms with Gasteiger partial charge in [-0.2, -0.15) is 0 Å². The van der Waals surface area contributed by atoms with Crippen LogP contribution in [0.4, 0.5) is 4.39 Å². The molecule has 154 valence electrons. The van der Waals surface area contributed by atoms with E-state index in [1.54, 1.807) is 18.2 Å². The highest BCUT2D eigenvalue weighted by Gasteiger charge is 2.15. The minimum absolute atomic E-state index is 0. The third-order valence-electron chi connectivity index (χ3n) is 4.04. The molecule has 1 aromatic carbocycles. The average molecular weight is 495 g/mol. The largest absolute Gasteiger partial charge is 0.489 e. The summed E-state index contributed by atoms with van der Waals surface area (Å²) in [4.78, 5) is 6.52. The van der Waals surface area contributed by atoms with Crippen molar-refractivity contribution < 1.29 is 18.6 Å². The summed E-state index contributed by atoms with van der Waals surface area (Å²) >= 11 is 0. The van der Waals surface area contributed by atoms with Crippen LogP contribution in [0.25, 0.3) is 0 Å². The summed E-state index contributed by atoms with van der Waals surface area (Å²) < 4.78 is 30.2. The highest BCUT2D eigenvalue weighted by Crippen LogP contribution is 2.15. The van der Waals surface area contributed by atoms with Crippen LogP contribution in [-0.4, -0.2) is 70.1 Å². The van der Waals surface area contributed by atoms with Crippen LogP contribution >= 0.6 is 24.0 Å². The number of aliphatic imine (C=N–C) groups is 1. The van der Waals surface area contributed by atoms with E-state index in [1.165, 1.54) is 6.07 Å². The van der Waals surface area contributed by atoms with Crippen molar-refractivity contribution in [1.82, 2.24) is 10.2 Å². The van der Waals surface area contributed by atoms with Crippen LogP contribution in [0.3, 0.4) is 0 Å². The Morgan fingerprint density at radius 3 is 2.89 bits per heavy atom. The second-order valence-corrected chi connectivity index (χ2v) is 6.15. The van der Waals surface area contributed by atoms with Crippen molar-refractivity contribution in [2.75, 3.05) is 53.1 Å². The van der Waals surface area contributed by atoms with Crippen molar-refractivity contribution in [2.24, 2.45) is 4.99 Å². The second-order valence-electron chi connectivity index (χ2n) is 6.15. The maximum atomic E-state index is 13.5. The molecule has 1 heterocycles. The van der Waals surface area contributed by atoms with Gasteiger partial charge in [0.15, 0.2) is 17.5 Å². The Morgan fingerprint density at radius 1 is 1.37 bits per heavy atom. The summed E-state index contributed by atoms with van der Waals surface area (Å²) in [7, 11) is 1.93. The molecule has 0 saturated carbocycles. The molecule has 1 N–H and O–H groups in total. The Morgan fingerprint density at radius 2 is 2.19 bits per heavy atom. The molecule has 0 amide bonds. The van der Waals surface area contributed by atoms with Gasteiger partial charge in [0.05, 0.1) is 32.4 Å². The van der Waals surface area contributed by atoms with Gasteiger partial charge in [-0.15, -0.1) is 24.0 Å². The standard InChI is InChI=1S/C19H30FN3O3.HI/c1-3-21-19(22-10-13-24-15-16-7-6-12-25-16)23(2)11-14-26-18-9-5-4-8-17(18)20;/h4-5,8-9,16H,3,6-7,10-15H2,1-2H3,(H,21,22);1H. The number of benzene rings is 1. The van der Waals surface area contributed by atoms with E-state index in [0.29, 0.717) is 32.9 Å². The summed E-state index contributed by atoms with van der Waals surface area (Å²) in [6, 6.07) is 6.41. The van der Waals surface area contributed by atoms with E-state index in [4.69, 9.17) is 14.2 Å². The Balaban J connectivity index is 0.00000364. The lowest BCUT2D eigenvalue weighted by Crippen LogP contribution is -2.41. The number of ether oxygens (including phenoxy) is 3. The summed E-state index contributed by atoms with van der Waals surface area (Å²) in [6.45, 7) is 6.38. The smallest absolute Gasteiger partial charge is 0.193 e. The van der Waals surface area contributed by atoms with Gasteiger partial charge in [0.1, 0.15) is 6.61 Å². The van der Waals surface area contributed by atoms with E-state index in [1.807, 2.05) is 18.9 Å². The number of nitrogens with one attached hydrogen (secondary N) is 1. The maximum absolute atomic E-state index is 13.5. The first-order valence-corrected chi connectivity index (χ1v) is 9.26. The molecule has 0 aromatic heterocycles. The van der Waals surface area contributed by atoms with Crippen molar-refractivity contribution in [1.29, 1.82) is 0 Å². The number of guanidine groups is 1. The molecule has 8 heteroatoms. The highest BCUT2D eigenvalue weighted by molar-refractivity contribution is 14.0. The van der Waals surface area contributed by atoms with Crippen LogP contribution in [0.1, 0.15) is 19.8 Å². The van der Waals surface area contributed by atoms with Crippen LogP contribution in [0, 0.1) is 5.82 Å². The molecule has 0 aliphatic carbocycles. The van der Waals surface area contributed by atoms with Crippen molar-refractivity contribution in [3.63, 3.8) is 0 Å². The fourth-order valence-electron chi connectivity index (χ4n) is 2.64. The molecule has 1 fully saturated rings. The summed E-state index contributed by atoms with van der Waals surface area (Å²) in [5.74, 6) is 0.704. The maximum Gasteiger partial charge on any atom is 0.193 e. The lowest BCUT2D eigenvalue weighted by Gasteiger charge is -2.22. The summed E-state index contributed by atoms with van der Waals surface area (Å²) in [5.41, 5.74) is 0. The minimum atomic E-state index is -0.348. The fraction of sp³-hybridized carbons (Fsp3) is 0.632. The number of hydrogen-bond donors (Lipinski definition) is 1. The van der Waals surface area contributed by atoms with Gasteiger partial charge >= 0.3 is 0 Å². The predicted octanol–water partition coefficient (Wildman–Crippen LogP) is 2.92. The first kappa shape index (κ1) is 23.9. The zero-order valence-electron chi connectivity index (χ0n) is 16.2. The normalized spacial score (nSPS) is 16.7. The number of nitrogens with zero attached hydrogens (tertiary/aromatic N) is 2. The van der Waals surface area contributed by atoms with Crippen molar-refractivity contribution in [3.8, 4) is 5.75 Å². The number of rotatable bonds is 10. The Kier molecular flexibility index (Phi) is 12.4. The fourth-order valence-corrected chi connectivity index (χ4v) is 2.64. The summed E-state index contributed by atoms with van der Waals surface area (Å²) in [5, 5.41) is 3.24. The molecule has 1 aromatic rings. The second kappa shape index (κ2) is 14.0. The van der Waals surface area contributed by atoms with Crippen LogP contribution in [0.2, 0.25) is 0 Å². The number of halogens is 2. The SMILES string of the molecule is CCNC(=NCCOCC1CCCO1)N(C)CCOc1ccccc1F.I. The van der Waals surface area contributed by atoms with Gasteiger partial charge in [0, 0.05) is 20.2 Å². The van der Waals surface area contributed by atoms with Crippen molar-refractivity contribution in [3.05, 3.63) is 30.1 Å². The van der Waals surface area contributed by atoms with Gasteiger partial charge in [-0.3, -0.25) is 4.99 Å². The Hall–Kier alpha value is -1.13. The molecule has 1 aliphatic heterocycles. The number of hydrogen-bond acceptors (Lipinski definition) is 4. The molecule has 2 rings (SSSR count). The molecule has 0 bridgehead atoms. The van der Waals surface area contributed by atoms with Gasteiger partial charge in [-0.25, -0.2) is 4.39 Å². The average Bonchev–Trinajstić information content (AvgIpc) is 3.15. The first-order chi connectivity index (χ1) is 12.7. The quantitative estimate of drug-likeness (QED) is 0.234. The van der Waals surface area contributed by atoms with Crippen molar-refractivity contribution in [2.45, 2.75) is 25.9 Å². The molecule has 0 radical (unpaired) electrons. The van der Waals surface area contributed by atoms with E-state index in [9.17, 15) is 4.39 Å². The monoisotopic (exact) mass is 495 g/mol.